The van der Waals surface area contributed by atoms with Crippen LogP contribution >= 0.6 is 24.0 Å². The molecule has 7 nitrogen and oxygen atoms in total. The Labute approximate surface area is 197 Å². The smallest absolute Gasteiger partial charge is 0.225 e. The van der Waals surface area contributed by atoms with E-state index in [2.05, 4.69) is 17.6 Å². The molecule has 1 aliphatic carbocycles. The number of amides is 1. The van der Waals surface area contributed by atoms with Crippen LogP contribution in [0.15, 0.2) is 23.2 Å². The zero-order valence-corrected chi connectivity index (χ0v) is 20.6. The summed E-state index contributed by atoms with van der Waals surface area (Å²) in [4.78, 5) is 19.4. The van der Waals surface area contributed by atoms with Crippen molar-refractivity contribution in [1.82, 2.24) is 15.5 Å². The monoisotopic (exact) mass is 530 g/mol. The highest BCUT2D eigenvalue weighted by Gasteiger charge is 2.32. The van der Waals surface area contributed by atoms with Gasteiger partial charge in [-0.25, -0.2) is 4.99 Å². The second-order valence-electron chi connectivity index (χ2n) is 7.77. The second-order valence-corrected chi connectivity index (χ2v) is 7.77. The molecule has 2 aliphatic rings. The zero-order chi connectivity index (χ0) is 20.6. The first-order chi connectivity index (χ1) is 14.1. The molecule has 1 aromatic carbocycles. The quantitative estimate of drug-likeness (QED) is 0.322. The van der Waals surface area contributed by atoms with E-state index in [1.165, 1.54) is 12.8 Å². The van der Waals surface area contributed by atoms with Crippen LogP contribution in [0.4, 0.5) is 0 Å². The Bertz CT molecular complexity index is 722. The average molecular weight is 530 g/mol. The lowest BCUT2D eigenvalue weighted by molar-refractivity contribution is -0.134. The molecule has 1 amide bonds. The van der Waals surface area contributed by atoms with Gasteiger partial charge in [-0.3, -0.25) is 4.79 Å². The van der Waals surface area contributed by atoms with E-state index >= 15 is 0 Å². The van der Waals surface area contributed by atoms with E-state index in [-0.39, 0.29) is 35.9 Å². The third kappa shape index (κ3) is 6.39. The van der Waals surface area contributed by atoms with Crippen molar-refractivity contribution in [2.75, 3.05) is 33.9 Å². The van der Waals surface area contributed by atoms with E-state index in [1.54, 1.807) is 14.2 Å². The summed E-state index contributed by atoms with van der Waals surface area (Å²) in [6.45, 7) is 4.92. The molecule has 30 heavy (non-hydrogen) atoms. The van der Waals surface area contributed by atoms with Crippen LogP contribution in [0.3, 0.4) is 0 Å². The lowest BCUT2D eigenvalue weighted by Gasteiger charge is -2.21. The molecule has 1 saturated carbocycles. The number of nitrogens with zero attached hydrogens (tertiary/aromatic N) is 2. The molecule has 0 aromatic heterocycles. The molecule has 0 spiro atoms. The van der Waals surface area contributed by atoms with Crippen molar-refractivity contribution in [3.63, 3.8) is 0 Å². The Kier molecular flexibility index (Phi) is 10.0. The number of guanidine groups is 1. The molecule has 1 atom stereocenters. The summed E-state index contributed by atoms with van der Waals surface area (Å²) in [5.74, 6) is 2.89. The standard InChI is InChI=1S/C22H34N4O3.HI/c1-4-23-22(24-14-17-9-10-19(28-2)13-20(17)29-3)25-18-11-12-26(15-18)21(27)16-7-5-6-8-16;/h9-10,13,16,18H,4-8,11-12,14-15H2,1-3H3,(H2,23,24,25);1H. The number of ether oxygens (including phenoxy) is 2. The van der Waals surface area contributed by atoms with Gasteiger partial charge in [-0.2, -0.15) is 0 Å². The summed E-state index contributed by atoms with van der Waals surface area (Å²) >= 11 is 0. The van der Waals surface area contributed by atoms with Crippen molar-refractivity contribution < 1.29 is 14.3 Å². The third-order valence-electron chi connectivity index (χ3n) is 5.79. The summed E-state index contributed by atoms with van der Waals surface area (Å²) in [6.07, 6.45) is 5.45. The van der Waals surface area contributed by atoms with Gasteiger partial charge < -0.3 is 25.0 Å². The summed E-state index contributed by atoms with van der Waals surface area (Å²) in [5, 5.41) is 6.81. The molecular formula is C22H35IN4O3. The van der Waals surface area contributed by atoms with Crippen molar-refractivity contribution in [3.05, 3.63) is 23.8 Å². The van der Waals surface area contributed by atoms with E-state index in [9.17, 15) is 4.79 Å². The van der Waals surface area contributed by atoms with Gasteiger partial charge in [0.2, 0.25) is 5.91 Å². The summed E-state index contributed by atoms with van der Waals surface area (Å²) in [6, 6.07) is 5.99. The number of hydrogen-bond acceptors (Lipinski definition) is 4. The highest BCUT2D eigenvalue weighted by Crippen LogP contribution is 2.28. The van der Waals surface area contributed by atoms with E-state index in [0.29, 0.717) is 12.5 Å². The van der Waals surface area contributed by atoms with Crippen LogP contribution < -0.4 is 20.1 Å². The largest absolute Gasteiger partial charge is 0.497 e. The first-order valence-electron chi connectivity index (χ1n) is 10.7. The fourth-order valence-corrected chi connectivity index (χ4v) is 4.17. The molecule has 1 unspecified atom stereocenters. The van der Waals surface area contributed by atoms with Crippen LogP contribution in [-0.2, 0) is 11.3 Å². The molecule has 1 aromatic rings. The zero-order valence-electron chi connectivity index (χ0n) is 18.3. The molecule has 1 heterocycles. The van der Waals surface area contributed by atoms with Gasteiger partial charge in [-0.15, -0.1) is 24.0 Å². The van der Waals surface area contributed by atoms with Gasteiger partial charge in [-0.1, -0.05) is 12.8 Å². The number of carbonyl (C=O) groups excluding carboxylic acids is 1. The Hall–Kier alpha value is -1.71. The Balaban J connectivity index is 0.00000320. The molecule has 1 aliphatic heterocycles. The highest BCUT2D eigenvalue weighted by molar-refractivity contribution is 14.0. The predicted molar refractivity (Wildman–Crippen MR) is 130 cm³/mol. The lowest BCUT2D eigenvalue weighted by Crippen LogP contribution is -2.45. The number of likely N-dealkylation sites (tertiary alicyclic amines) is 1. The Morgan fingerprint density at radius 1 is 1.20 bits per heavy atom. The van der Waals surface area contributed by atoms with Crippen molar-refractivity contribution >= 4 is 35.8 Å². The van der Waals surface area contributed by atoms with Gasteiger partial charge in [-0.05, 0) is 38.3 Å². The lowest BCUT2D eigenvalue weighted by atomic mass is 10.1. The van der Waals surface area contributed by atoms with E-state index < -0.39 is 0 Å². The Morgan fingerprint density at radius 2 is 1.97 bits per heavy atom. The van der Waals surface area contributed by atoms with Crippen LogP contribution in [0.2, 0.25) is 0 Å². The fraction of sp³-hybridized carbons (Fsp3) is 0.636. The number of methoxy groups -OCH3 is 2. The second kappa shape index (κ2) is 12.2. The van der Waals surface area contributed by atoms with Crippen molar-refractivity contribution in [2.24, 2.45) is 10.9 Å². The Morgan fingerprint density at radius 3 is 2.63 bits per heavy atom. The van der Waals surface area contributed by atoms with E-state index in [4.69, 9.17) is 14.5 Å². The average Bonchev–Trinajstić information content (AvgIpc) is 3.44. The maximum Gasteiger partial charge on any atom is 0.225 e. The van der Waals surface area contributed by atoms with Crippen LogP contribution in [-0.4, -0.2) is 56.7 Å². The first kappa shape index (κ1) is 24.6. The van der Waals surface area contributed by atoms with Crippen LogP contribution in [0.5, 0.6) is 11.5 Å². The maximum atomic E-state index is 12.7. The number of aliphatic imine (C=N–C) groups is 1. The molecule has 0 bridgehead atoms. The number of carbonyl (C=O) groups is 1. The fourth-order valence-electron chi connectivity index (χ4n) is 4.17. The van der Waals surface area contributed by atoms with Gasteiger partial charge >= 0.3 is 0 Å². The van der Waals surface area contributed by atoms with Gasteiger partial charge in [0.1, 0.15) is 11.5 Å². The summed E-state index contributed by atoms with van der Waals surface area (Å²) in [5.41, 5.74) is 0.995. The van der Waals surface area contributed by atoms with Crippen molar-refractivity contribution in [1.29, 1.82) is 0 Å². The van der Waals surface area contributed by atoms with E-state index in [0.717, 1.165) is 61.9 Å². The summed E-state index contributed by atoms with van der Waals surface area (Å²) < 4.78 is 10.7. The molecule has 2 fully saturated rings. The number of benzene rings is 1. The number of rotatable bonds is 7. The number of halogens is 1. The predicted octanol–water partition coefficient (Wildman–Crippen LogP) is 3.17. The summed E-state index contributed by atoms with van der Waals surface area (Å²) in [7, 11) is 3.29. The molecule has 3 rings (SSSR count). The van der Waals surface area contributed by atoms with Crippen LogP contribution in [0.1, 0.15) is 44.6 Å². The molecule has 8 heteroatoms. The normalized spacial score (nSPS) is 19.4. The minimum absolute atomic E-state index is 0. The molecule has 0 radical (unpaired) electrons. The first-order valence-corrected chi connectivity index (χ1v) is 10.7. The molecule has 2 N–H and O–H groups in total. The van der Waals surface area contributed by atoms with Crippen molar-refractivity contribution in [3.8, 4) is 11.5 Å². The van der Waals surface area contributed by atoms with Gasteiger partial charge in [0, 0.05) is 43.2 Å². The minimum Gasteiger partial charge on any atom is -0.497 e. The SMILES string of the molecule is CCNC(=NCc1ccc(OC)cc1OC)NC1CCN(C(=O)C2CCCC2)C1.I. The van der Waals surface area contributed by atoms with Gasteiger partial charge in [0.05, 0.1) is 20.8 Å². The van der Waals surface area contributed by atoms with E-state index in [1.807, 2.05) is 23.1 Å². The maximum absolute atomic E-state index is 12.7. The molecular weight excluding hydrogens is 495 g/mol. The third-order valence-corrected chi connectivity index (χ3v) is 5.79. The van der Waals surface area contributed by atoms with Gasteiger partial charge in [0.15, 0.2) is 5.96 Å². The van der Waals surface area contributed by atoms with Crippen LogP contribution in [0, 0.1) is 5.92 Å². The van der Waals surface area contributed by atoms with Crippen molar-refractivity contribution in [2.45, 2.75) is 51.6 Å². The molecule has 168 valence electrons. The van der Waals surface area contributed by atoms with Gasteiger partial charge in [0.25, 0.3) is 0 Å². The number of nitrogens with one attached hydrogen (secondary N) is 2. The molecule has 1 saturated heterocycles. The topological polar surface area (TPSA) is 75.2 Å². The highest BCUT2D eigenvalue weighted by atomic mass is 127. The van der Waals surface area contributed by atoms with Crippen LogP contribution in [0.25, 0.3) is 0 Å². The number of hydrogen-bond donors (Lipinski definition) is 2. The minimum atomic E-state index is 0.